The van der Waals surface area contributed by atoms with E-state index in [0.717, 1.165) is 31.9 Å². The Bertz CT molecular complexity index is 1200. The molecule has 31 heavy (non-hydrogen) atoms. The summed E-state index contributed by atoms with van der Waals surface area (Å²) in [7, 11) is 0. The number of nitrogens with one attached hydrogen (secondary N) is 2. The molecule has 0 unspecified atom stereocenters. The fourth-order valence-corrected chi connectivity index (χ4v) is 3.88. The van der Waals surface area contributed by atoms with Gasteiger partial charge < -0.3 is 15.5 Å². The molecule has 4 aromatic rings. The first-order valence-electron chi connectivity index (χ1n) is 10.2. The Balaban J connectivity index is 1.46. The van der Waals surface area contributed by atoms with Gasteiger partial charge in [-0.2, -0.15) is 0 Å². The van der Waals surface area contributed by atoms with Crippen LogP contribution in [0.1, 0.15) is 0 Å². The molecule has 5 rings (SSSR count). The maximum Gasteiger partial charge on any atom is 0.227 e. The van der Waals surface area contributed by atoms with E-state index in [1.54, 1.807) is 18.3 Å². The average molecular weight is 417 g/mol. The van der Waals surface area contributed by atoms with E-state index in [1.807, 2.05) is 18.2 Å². The van der Waals surface area contributed by atoms with E-state index in [4.69, 9.17) is 0 Å². The summed E-state index contributed by atoms with van der Waals surface area (Å²) in [6.07, 6.45) is 1.65. The number of benzene rings is 3. The summed E-state index contributed by atoms with van der Waals surface area (Å²) < 4.78 is 28.8. The molecule has 7 heteroatoms. The van der Waals surface area contributed by atoms with Crippen LogP contribution in [-0.4, -0.2) is 36.1 Å². The normalized spacial score (nSPS) is 14.1. The predicted molar refractivity (Wildman–Crippen MR) is 120 cm³/mol. The van der Waals surface area contributed by atoms with Gasteiger partial charge in [-0.05, 0) is 36.4 Å². The van der Waals surface area contributed by atoms with E-state index in [-0.39, 0.29) is 5.56 Å². The van der Waals surface area contributed by atoms with Crippen molar-refractivity contribution in [3.63, 3.8) is 0 Å². The highest BCUT2D eigenvalue weighted by molar-refractivity contribution is 5.94. The van der Waals surface area contributed by atoms with Crippen LogP contribution in [0.3, 0.4) is 0 Å². The van der Waals surface area contributed by atoms with Crippen molar-refractivity contribution in [1.82, 2.24) is 15.3 Å². The molecule has 1 fully saturated rings. The van der Waals surface area contributed by atoms with Gasteiger partial charge >= 0.3 is 0 Å². The maximum atomic E-state index is 14.4. The Morgan fingerprint density at radius 3 is 2.32 bits per heavy atom. The number of piperazine rings is 1. The number of hydrogen-bond donors (Lipinski definition) is 2. The van der Waals surface area contributed by atoms with E-state index in [2.05, 4.69) is 37.6 Å². The molecular formula is C24H21F2N5. The summed E-state index contributed by atoms with van der Waals surface area (Å²) >= 11 is 0. The first-order valence-corrected chi connectivity index (χ1v) is 10.2. The van der Waals surface area contributed by atoms with Crippen LogP contribution < -0.4 is 15.5 Å². The molecule has 5 nitrogen and oxygen atoms in total. The van der Waals surface area contributed by atoms with Gasteiger partial charge in [-0.15, -0.1) is 0 Å². The van der Waals surface area contributed by atoms with Crippen molar-refractivity contribution in [2.45, 2.75) is 0 Å². The fraction of sp³-hybridized carbons (Fsp3) is 0.167. The topological polar surface area (TPSA) is 53.1 Å². The molecule has 1 aliphatic heterocycles. The fourth-order valence-electron chi connectivity index (χ4n) is 3.88. The molecule has 0 amide bonds. The molecular weight excluding hydrogens is 396 g/mol. The lowest BCUT2D eigenvalue weighted by molar-refractivity contribution is 0.589. The van der Waals surface area contributed by atoms with E-state index < -0.39 is 11.6 Å². The highest BCUT2D eigenvalue weighted by Crippen LogP contribution is 2.32. The van der Waals surface area contributed by atoms with E-state index in [9.17, 15) is 8.78 Å². The van der Waals surface area contributed by atoms with Crippen molar-refractivity contribution in [1.29, 1.82) is 0 Å². The first kappa shape index (κ1) is 19.4. The summed E-state index contributed by atoms with van der Waals surface area (Å²) in [5, 5.41) is 7.25. The molecule has 0 aliphatic carbocycles. The Hall–Kier alpha value is -3.58. The van der Waals surface area contributed by atoms with Crippen LogP contribution in [0.5, 0.6) is 0 Å². The van der Waals surface area contributed by atoms with Crippen molar-refractivity contribution in [2.24, 2.45) is 0 Å². The minimum atomic E-state index is -0.621. The second-order valence-corrected chi connectivity index (χ2v) is 7.44. The monoisotopic (exact) mass is 417 g/mol. The van der Waals surface area contributed by atoms with Gasteiger partial charge in [0.1, 0.15) is 11.6 Å². The largest absolute Gasteiger partial charge is 0.369 e. The van der Waals surface area contributed by atoms with Crippen LogP contribution in [0.25, 0.3) is 22.0 Å². The maximum absolute atomic E-state index is 14.4. The lowest BCUT2D eigenvalue weighted by Gasteiger charge is -2.29. The molecule has 0 saturated carbocycles. The van der Waals surface area contributed by atoms with Crippen molar-refractivity contribution in [2.75, 3.05) is 36.4 Å². The number of fused-ring (bicyclic) bond motifs is 1. The molecule has 3 aromatic carbocycles. The average Bonchev–Trinajstić information content (AvgIpc) is 2.80. The second kappa shape index (κ2) is 8.28. The Kier molecular flexibility index (Phi) is 5.18. The minimum Gasteiger partial charge on any atom is -0.369 e. The highest BCUT2D eigenvalue weighted by Gasteiger charge is 2.15. The molecule has 0 atom stereocenters. The van der Waals surface area contributed by atoms with Crippen LogP contribution in [0.2, 0.25) is 0 Å². The van der Waals surface area contributed by atoms with Crippen LogP contribution in [-0.2, 0) is 0 Å². The van der Waals surface area contributed by atoms with Crippen LogP contribution in [0, 0.1) is 11.6 Å². The van der Waals surface area contributed by atoms with Gasteiger partial charge in [-0.3, -0.25) is 0 Å². The van der Waals surface area contributed by atoms with Crippen molar-refractivity contribution >= 4 is 28.2 Å². The zero-order valence-corrected chi connectivity index (χ0v) is 16.8. The summed E-state index contributed by atoms with van der Waals surface area (Å²) in [6.45, 7) is 3.93. The Morgan fingerprint density at radius 1 is 0.871 bits per heavy atom. The predicted octanol–water partition coefficient (Wildman–Crippen LogP) is 4.73. The zero-order chi connectivity index (χ0) is 21.2. The lowest BCUT2D eigenvalue weighted by Crippen LogP contribution is -2.43. The second-order valence-electron chi connectivity index (χ2n) is 7.44. The quantitative estimate of drug-likeness (QED) is 0.503. The van der Waals surface area contributed by atoms with E-state index in [0.29, 0.717) is 22.4 Å². The summed E-state index contributed by atoms with van der Waals surface area (Å²) in [5.41, 5.74) is 2.81. The molecule has 0 spiro atoms. The third-order valence-electron chi connectivity index (χ3n) is 5.45. The number of hydrogen-bond acceptors (Lipinski definition) is 5. The molecule has 2 N–H and O–H groups in total. The molecule has 2 heterocycles. The van der Waals surface area contributed by atoms with Crippen molar-refractivity contribution < 1.29 is 8.78 Å². The van der Waals surface area contributed by atoms with Crippen LogP contribution in [0.15, 0.2) is 66.9 Å². The molecule has 0 bridgehead atoms. The van der Waals surface area contributed by atoms with Gasteiger partial charge in [0.25, 0.3) is 0 Å². The Morgan fingerprint density at radius 2 is 1.58 bits per heavy atom. The third-order valence-corrected chi connectivity index (χ3v) is 5.45. The van der Waals surface area contributed by atoms with Gasteiger partial charge in [-0.25, -0.2) is 18.7 Å². The minimum absolute atomic E-state index is 0.0851. The molecule has 1 aliphatic rings. The molecule has 1 aromatic heterocycles. The van der Waals surface area contributed by atoms with E-state index >= 15 is 0 Å². The number of nitrogens with zero attached hydrogens (tertiary/aromatic N) is 3. The summed E-state index contributed by atoms with van der Waals surface area (Å²) in [5.74, 6) is -0.875. The smallest absolute Gasteiger partial charge is 0.227 e. The standard InChI is InChI=1S/C24H21F2N5/c25-20-5-2-6-21(26)22(20)19-4-1-3-16-15-28-24(30-23(16)19)29-17-7-9-18(10-8-17)31-13-11-27-12-14-31/h1-10,15,27H,11-14H2,(H,28,29,30). The molecule has 156 valence electrons. The van der Waals surface area contributed by atoms with Gasteiger partial charge in [0, 0.05) is 54.7 Å². The lowest BCUT2D eigenvalue weighted by atomic mass is 10.0. The number of rotatable bonds is 4. The van der Waals surface area contributed by atoms with Crippen LogP contribution in [0.4, 0.5) is 26.1 Å². The number of aromatic nitrogens is 2. The van der Waals surface area contributed by atoms with Gasteiger partial charge in [0.05, 0.1) is 11.1 Å². The highest BCUT2D eigenvalue weighted by atomic mass is 19.1. The van der Waals surface area contributed by atoms with E-state index in [1.165, 1.54) is 23.9 Å². The SMILES string of the molecule is Fc1cccc(F)c1-c1cccc2cnc(Nc3ccc(N4CCNCC4)cc3)nc12. The number of halogens is 2. The number of para-hydroxylation sites is 1. The Labute approximate surface area is 178 Å². The first-order chi connectivity index (χ1) is 15.2. The molecule has 1 saturated heterocycles. The third kappa shape index (κ3) is 3.92. The zero-order valence-electron chi connectivity index (χ0n) is 16.8. The number of anilines is 3. The van der Waals surface area contributed by atoms with Crippen LogP contribution >= 0.6 is 0 Å². The summed E-state index contributed by atoms with van der Waals surface area (Å²) in [6, 6.07) is 17.2. The van der Waals surface area contributed by atoms with Crippen molar-refractivity contribution in [3.05, 3.63) is 78.5 Å². The van der Waals surface area contributed by atoms with Gasteiger partial charge in [0.2, 0.25) is 5.95 Å². The molecule has 0 radical (unpaired) electrons. The van der Waals surface area contributed by atoms with Crippen molar-refractivity contribution in [3.8, 4) is 11.1 Å². The van der Waals surface area contributed by atoms with Gasteiger partial charge in [-0.1, -0.05) is 24.3 Å². The summed E-state index contributed by atoms with van der Waals surface area (Å²) in [4.78, 5) is 11.3. The van der Waals surface area contributed by atoms with Gasteiger partial charge in [0.15, 0.2) is 0 Å².